The van der Waals surface area contributed by atoms with Gasteiger partial charge in [0.05, 0.1) is 28.8 Å². The molecule has 3 heterocycles. The Labute approximate surface area is 178 Å². The highest BCUT2D eigenvalue weighted by Crippen LogP contribution is 2.36. The first-order chi connectivity index (χ1) is 13.6. The van der Waals surface area contributed by atoms with E-state index in [1.807, 2.05) is 67.7 Å². The van der Waals surface area contributed by atoms with Crippen LogP contribution in [0.3, 0.4) is 0 Å². The summed E-state index contributed by atoms with van der Waals surface area (Å²) in [7, 11) is 0. The molecular weight excluding hydrogens is 458 g/mol. The second-order valence-electron chi connectivity index (χ2n) is 6.27. The predicted octanol–water partition coefficient (Wildman–Crippen LogP) is 6.03. The fourth-order valence-electron chi connectivity index (χ4n) is 3.04. The van der Waals surface area contributed by atoms with Crippen LogP contribution in [0.25, 0.3) is 32.5 Å². The molecule has 0 saturated heterocycles. The molecule has 0 saturated carbocycles. The minimum absolute atomic E-state index is 0.550. The number of halogens is 2. The Balaban J connectivity index is 1.56. The molecule has 0 aliphatic rings. The first kappa shape index (κ1) is 17.6. The Morgan fingerprint density at radius 1 is 1.00 bits per heavy atom. The van der Waals surface area contributed by atoms with Crippen molar-refractivity contribution < 1.29 is 0 Å². The number of para-hydroxylation sites is 1. The normalized spacial score (nSPS) is 11.4. The van der Waals surface area contributed by atoms with Gasteiger partial charge >= 0.3 is 0 Å². The molecule has 5 aromatic rings. The zero-order chi connectivity index (χ0) is 19.3. The molecule has 0 aliphatic heterocycles. The Morgan fingerprint density at radius 3 is 2.46 bits per heavy atom. The fourth-order valence-corrected chi connectivity index (χ4v) is 4.70. The third kappa shape index (κ3) is 2.96. The van der Waals surface area contributed by atoms with Gasteiger partial charge in [0.2, 0.25) is 4.96 Å². The van der Waals surface area contributed by atoms with Gasteiger partial charge in [-0.3, -0.25) is 0 Å². The molecule has 2 aromatic carbocycles. The highest BCUT2D eigenvalue weighted by molar-refractivity contribution is 9.10. The van der Waals surface area contributed by atoms with Gasteiger partial charge in [-0.2, -0.15) is 10.2 Å². The fraction of sp³-hybridized carbons (Fsp3) is 0.0500. The summed E-state index contributed by atoms with van der Waals surface area (Å²) < 4.78 is 4.58. The maximum absolute atomic E-state index is 6.67. The van der Waals surface area contributed by atoms with E-state index >= 15 is 0 Å². The molecule has 3 aromatic heterocycles. The van der Waals surface area contributed by atoms with Crippen LogP contribution in [0.15, 0.2) is 65.3 Å². The third-order valence-corrected chi connectivity index (χ3v) is 6.22. The Bertz CT molecular complexity index is 1260. The van der Waals surface area contributed by atoms with Gasteiger partial charge in [0.1, 0.15) is 5.15 Å². The van der Waals surface area contributed by atoms with Gasteiger partial charge in [0, 0.05) is 10.0 Å². The van der Waals surface area contributed by atoms with Crippen LogP contribution in [0, 0.1) is 6.92 Å². The molecule has 0 aliphatic carbocycles. The number of aromatic nitrogens is 5. The molecule has 0 atom stereocenters. The van der Waals surface area contributed by atoms with Crippen LogP contribution in [0.2, 0.25) is 5.15 Å². The van der Waals surface area contributed by atoms with Gasteiger partial charge in [-0.25, -0.2) is 14.2 Å². The van der Waals surface area contributed by atoms with Crippen molar-refractivity contribution in [2.45, 2.75) is 6.92 Å². The number of benzene rings is 2. The van der Waals surface area contributed by atoms with Crippen LogP contribution in [0.1, 0.15) is 5.69 Å². The van der Waals surface area contributed by atoms with Crippen molar-refractivity contribution in [2.24, 2.45) is 0 Å². The zero-order valence-electron chi connectivity index (χ0n) is 14.7. The van der Waals surface area contributed by atoms with Crippen molar-refractivity contribution >= 4 is 43.8 Å². The molecule has 8 heteroatoms. The number of imidazole rings is 1. The zero-order valence-corrected chi connectivity index (χ0v) is 17.8. The lowest BCUT2D eigenvalue weighted by Crippen LogP contribution is -1.95. The number of hydrogen-bond acceptors (Lipinski definition) is 4. The molecule has 0 bridgehead atoms. The van der Waals surface area contributed by atoms with Crippen molar-refractivity contribution in [1.82, 2.24) is 24.4 Å². The summed E-state index contributed by atoms with van der Waals surface area (Å²) in [6.45, 7) is 1.94. The highest BCUT2D eigenvalue weighted by Gasteiger charge is 2.21. The molecule has 138 valence electrons. The summed E-state index contributed by atoms with van der Waals surface area (Å²) in [5.41, 5.74) is 4.53. The lowest BCUT2D eigenvalue weighted by Gasteiger charge is -2.02. The van der Waals surface area contributed by atoms with Crippen molar-refractivity contribution in [3.8, 4) is 27.5 Å². The summed E-state index contributed by atoms with van der Waals surface area (Å²) in [5.74, 6) is 0. The van der Waals surface area contributed by atoms with Crippen LogP contribution < -0.4 is 0 Å². The standard InChI is InChI=1S/C20H13BrClN5S/c1-12-17(18(22)27(24-12)15-5-3-2-4-6-15)19-25-26-11-16(23-20(26)28-19)13-7-9-14(21)10-8-13/h2-11H,1H3. The first-order valence-electron chi connectivity index (χ1n) is 8.53. The van der Waals surface area contributed by atoms with Gasteiger partial charge in [-0.15, -0.1) is 0 Å². The number of rotatable bonds is 3. The van der Waals surface area contributed by atoms with Gasteiger partial charge in [0.25, 0.3) is 0 Å². The monoisotopic (exact) mass is 469 g/mol. The van der Waals surface area contributed by atoms with Crippen LogP contribution in [0.5, 0.6) is 0 Å². The second-order valence-corrected chi connectivity index (χ2v) is 8.50. The van der Waals surface area contributed by atoms with Gasteiger partial charge < -0.3 is 0 Å². The molecule has 5 rings (SSSR count). The third-order valence-electron chi connectivity index (χ3n) is 4.40. The maximum atomic E-state index is 6.67. The summed E-state index contributed by atoms with van der Waals surface area (Å²) in [6, 6.07) is 17.9. The number of nitrogens with zero attached hydrogens (tertiary/aromatic N) is 5. The SMILES string of the molecule is Cc1nn(-c2ccccc2)c(Cl)c1-c1nn2cc(-c3ccc(Br)cc3)nc2s1. The Hall–Kier alpha value is -2.48. The molecule has 0 amide bonds. The van der Waals surface area contributed by atoms with E-state index < -0.39 is 0 Å². The van der Waals surface area contributed by atoms with E-state index in [0.29, 0.717) is 5.15 Å². The molecule has 0 N–H and O–H groups in total. The Morgan fingerprint density at radius 2 is 1.75 bits per heavy atom. The maximum Gasteiger partial charge on any atom is 0.213 e. The summed E-state index contributed by atoms with van der Waals surface area (Å²) >= 11 is 11.6. The summed E-state index contributed by atoms with van der Waals surface area (Å²) in [4.78, 5) is 5.53. The van der Waals surface area contributed by atoms with Crippen LogP contribution in [-0.2, 0) is 0 Å². The van der Waals surface area contributed by atoms with Crippen molar-refractivity contribution in [1.29, 1.82) is 0 Å². The highest BCUT2D eigenvalue weighted by atomic mass is 79.9. The van der Waals surface area contributed by atoms with E-state index in [1.165, 1.54) is 11.3 Å². The van der Waals surface area contributed by atoms with Gasteiger partial charge in [-0.1, -0.05) is 69.2 Å². The van der Waals surface area contributed by atoms with Crippen LogP contribution in [0.4, 0.5) is 0 Å². The van der Waals surface area contributed by atoms with E-state index in [2.05, 4.69) is 21.0 Å². The quantitative estimate of drug-likeness (QED) is 0.323. The summed E-state index contributed by atoms with van der Waals surface area (Å²) in [5, 5.41) is 10.7. The van der Waals surface area contributed by atoms with E-state index in [4.69, 9.17) is 21.7 Å². The van der Waals surface area contributed by atoms with Crippen molar-refractivity contribution in [3.05, 3.63) is 76.1 Å². The number of hydrogen-bond donors (Lipinski definition) is 0. The molecule has 0 unspecified atom stereocenters. The number of fused-ring (bicyclic) bond motifs is 1. The van der Waals surface area contributed by atoms with Crippen LogP contribution >= 0.6 is 38.9 Å². The molecule has 28 heavy (non-hydrogen) atoms. The topological polar surface area (TPSA) is 48.0 Å². The molecule has 5 nitrogen and oxygen atoms in total. The second kappa shape index (κ2) is 6.84. The molecule has 0 radical (unpaired) electrons. The average molecular weight is 471 g/mol. The summed E-state index contributed by atoms with van der Waals surface area (Å²) in [6.07, 6.45) is 1.93. The smallest absolute Gasteiger partial charge is 0.213 e. The average Bonchev–Trinajstić information content (AvgIpc) is 3.34. The lowest BCUT2D eigenvalue weighted by molar-refractivity contribution is 0.863. The lowest BCUT2D eigenvalue weighted by atomic mass is 10.2. The van der Waals surface area contributed by atoms with E-state index in [0.717, 1.165) is 42.6 Å². The van der Waals surface area contributed by atoms with Gasteiger partial charge in [0.15, 0.2) is 5.01 Å². The Kier molecular flexibility index (Phi) is 4.30. The molecule has 0 spiro atoms. The first-order valence-corrected chi connectivity index (χ1v) is 10.5. The number of aryl methyl sites for hydroxylation is 1. The largest absolute Gasteiger partial charge is 0.221 e. The predicted molar refractivity (Wildman–Crippen MR) is 116 cm³/mol. The minimum atomic E-state index is 0.550. The van der Waals surface area contributed by atoms with Crippen molar-refractivity contribution in [3.63, 3.8) is 0 Å². The van der Waals surface area contributed by atoms with Gasteiger partial charge in [-0.05, 0) is 31.2 Å². The van der Waals surface area contributed by atoms with Crippen LogP contribution in [-0.4, -0.2) is 24.4 Å². The molecule has 0 fully saturated rings. The minimum Gasteiger partial charge on any atom is -0.221 e. The van der Waals surface area contributed by atoms with E-state index in [1.54, 1.807) is 9.20 Å². The van der Waals surface area contributed by atoms with Crippen molar-refractivity contribution in [2.75, 3.05) is 0 Å². The van der Waals surface area contributed by atoms with E-state index in [-0.39, 0.29) is 0 Å². The van der Waals surface area contributed by atoms with E-state index in [9.17, 15) is 0 Å². The molecular formula is C20H13BrClN5S.